The Bertz CT molecular complexity index is 1420. The number of nitrogens with zero attached hydrogens (tertiary/aromatic N) is 2. The molecule has 0 radical (unpaired) electrons. The zero-order valence-corrected chi connectivity index (χ0v) is 27.0. The Hall–Kier alpha value is -2.26. The van der Waals surface area contributed by atoms with Crippen LogP contribution in [-0.2, 0) is 16.2 Å². The number of halogens is 2. The van der Waals surface area contributed by atoms with Gasteiger partial charge in [0, 0.05) is 46.0 Å². The van der Waals surface area contributed by atoms with Gasteiger partial charge in [0.25, 0.3) is 5.91 Å². The van der Waals surface area contributed by atoms with Crippen LogP contribution >= 0.6 is 47.2 Å². The third-order valence-electron chi connectivity index (χ3n) is 9.34. The van der Waals surface area contributed by atoms with Crippen molar-refractivity contribution in [1.29, 1.82) is 0 Å². The van der Waals surface area contributed by atoms with Crippen molar-refractivity contribution >= 4 is 75.1 Å². The molecule has 4 saturated carbocycles. The number of hydrogen-bond donors (Lipinski definition) is 1. The minimum absolute atomic E-state index is 0.0495. The van der Waals surface area contributed by atoms with Gasteiger partial charge in [-0.2, -0.15) is 5.01 Å². The van der Waals surface area contributed by atoms with E-state index in [-0.39, 0.29) is 23.8 Å². The van der Waals surface area contributed by atoms with Crippen LogP contribution in [0.4, 0.5) is 5.69 Å². The second-order valence-corrected chi connectivity index (χ2v) is 14.6. The van der Waals surface area contributed by atoms with E-state index in [2.05, 4.69) is 24.2 Å². The first-order chi connectivity index (χ1) is 20.2. The molecule has 2 aromatic rings. The van der Waals surface area contributed by atoms with Crippen LogP contribution in [0.25, 0.3) is 6.08 Å². The Morgan fingerprint density at radius 2 is 1.76 bits per heavy atom. The van der Waals surface area contributed by atoms with Gasteiger partial charge in [-0.25, -0.2) is 0 Å². The fourth-order valence-corrected chi connectivity index (χ4v) is 9.29. The number of benzene rings is 2. The van der Waals surface area contributed by atoms with E-state index in [9.17, 15) is 9.59 Å². The zero-order valence-electron chi connectivity index (χ0n) is 23.8. The Kier molecular flexibility index (Phi) is 8.53. The fourth-order valence-electron chi connectivity index (χ4n) is 7.66. The second kappa shape index (κ2) is 12.0. The molecule has 222 valence electrons. The lowest BCUT2D eigenvalue weighted by atomic mass is 9.49. The molecule has 4 aliphatic carbocycles. The number of anilines is 1. The summed E-state index contributed by atoms with van der Waals surface area (Å²) in [7, 11) is 0. The highest BCUT2D eigenvalue weighted by Gasteiger charge is 2.55. The molecule has 0 spiro atoms. The van der Waals surface area contributed by atoms with Crippen molar-refractivity contribution < 1.29 is 14.3 Å². The van der Waals surface area contributed by atoms with Crippen molar-refractivity contribution in [3.63, 3.8) is 0 Å². The van der Waals surface area contributed by atoms with E-state index < -0.39 is 0 Å². The Morgan fingerprint density at radius 1 is 1.10 bits per heavy atom. The Labute approximate surface area is 267 Å². The summed E-state index contributed by atoms with van der Waals surface area (Å²) in [6, 6.07) is 11.3. The molecule has 0 atom stereocenters. The first kappa shape index (κ1) is 29.8. The van der Waals surface area contributed by atoms with Gasteiger partial charge in [0.05, 0.1) is 10.3 Å². The molecular formula is C32H35Cl2N3O3S2. The van der Waals surface area contributed by atoms with Gasteiger partial charge in [0.2, 0.25) is 5.91 Å². The van der Waals surface area contributed by atoms with E-state index in [0.717, 1.165) is 49.2 Å². The standard InChI is InChI=1S/C32H35Cl2N3O3S2/c1-3-36(4-2)25-8-6-22(27(14-25)40-18-23-5-7-24(33)13-26(23)34)12-28-29(38)37(31(41)42-28)35-30(39)32-15-19-9-20(16-32)11-21(10-19)17-32/h5-8,12-14,19-21H,3-4,9-11,15-18H2,1-2H3,(H,35,39)/b28-12+. The van der Waals surface area contributed by atoms with Crippen molar-refractivity contribution in [2.24, 2.45) is 23.2 Å². The average Bonchev–Trinajstić information content (AvgIpc) is 3.20. The van der Waals surface area contributed by atoms with Crippen molar-refractivity contribution in [1.82, 2.24) is 10.4 Å². The van der Waals surface area contributed by atoms with E-state index in [0.29, 0.717) is 42.8 Å². The van der Waals surface area contributed by atoms with Gasteiger partial charge in [-0.05, 0) is 113 Å². The molecule has 2 aromatic carbocycles. The van der Waals surface area contributed by atoms with Crippen LogP contribution in [-0.4, -0.2) is 34.2 Å². The predicted octanol–water partition coefficient (Wildman–Crippen LogP) is 7.87. The second-order valence-electron chi connectivity index (χ2n) is 12.1. The number of hydrazine groups is 1. The minimum atomic E-state index is -0.369. The van der Waals surface area contributed by atoms with Crippen molar-refractivity contribution in [3.8, 4) is 5.75 Å². The van der Waals surface area contributed by atoms with E-state index in [1.165, 1.54) is 36.0 Å². The number of thioether (sulfide) groups is 1. The smallest absolute Gasteiger partial charge is 0.285 e. The van der Waals surface area contributed by atoms with Crippen LogP contribution in [0.3, 0.4) is 0 Å². The summed E-state index contributed by atoms with van der Waals surface area (Å²) in [4.78, 5) is 29.9. The molecule has 6 nitrogen and oxygen atoms in total. The lowest BCUT2D eigenvalue weighted by Gasteiger charge is -2.55. The molecule has 4 bridgehead atoms. The van der Waals surface area contributed by atoms with Crippen LogP contribution in [0.2, 0.25) is 10.0 Å². The molecule has 7 rings (SSSR count). The normalized spacial score (nSPS) is 27.2. The van der Waals surface area contributed by atoms with Crippen LogP contribution in [0.5, 0.6) is 5.75 Å². The van der Waals surface area contributed by atoms with E-state index >= 15 is 0 Å². The predicted molar refractivity (Wildman–Crippen MR) is 175 cm³/mol. The summed E-state index contributed by atoms with van der Waals surface area (Å²) in [6.07, 6.45) is 8.31. The largest absolute Gasteiger partial charge is 0.488 e. The van der Waals surface area contributed by atoms with E-state index in [1.807, 2.05) is 24.3 Å². The van der Waals surface area contributed by atoms with Crippen LogP contribution < -0.4 is 15.1 Å². The molecule has 1 saturated heterocycles. The first-order valence-corrected chi connectivity index (χ1v) is 16.7. The summed E-state index contributed by atoms with van der Waals surface area (Å²) in [6.45, 7) is 6.14. The van der Waals surface area contributed by atoms with Gasteiger partial charge in [-0.15, -0.1) is 0 Å². The maximum atomic E-state index is 13.7. The molecule has 5 aliphatic rings. The quantitative estimate of drug-likeness (QED) is 0.222. The number of carbonyl (C=O) groups is 2. The Morgan fingerprint density at radius 3 is 2.38 bits per heavy atom. The summed E-state index contributed by atoms with van der Waals surface area (Å²) < 4.78 is 6.62. The van der Waals surface area contributed by atoms with Crippen LogP contribution in [0.15, 0.2) is 41.3 Å². The molecule has 0 unspecified atom stereocenters. The van der Waals surface area contributed by atoms with Crippen LogP contribution in [0, 0.1) is 23.2 Å². The minimum Gasteiger partial charge on any atom is -0.488 e. The lowest BCUT2D eigenvalue weighted by Crippen LogP contribution is -2.57. The third-order valence-corrected chi connectivity index (χ3v) is 11.2. The molecule has 1 heterocycles. The highest BCUT2D eigenvalue weighted by atomic mass is 35.5. The molecule has 1 aliphatic heterocycles. The Balaban J connectivity index is 1.23. The summed E-state index contributed by atoms with van der Waals surface area (Å²) in [5, 5.41) is 2.36. The maximum absolute atomic E-state index is 13.7. The van der Waals surface area contributed by atoms with Crippen molar-refractivity contribution in [3.05, 3.63) is 62.5 Å². The van der Waals surface area contributed by atoms with Crippen LogP contribution in [0.1, 0.15) is 63.5 Å². The molecule has 42 heavy (non-hydrogen) atoms. The summed E-state index contributed by atoms with van der Waals surface area (Å²) >= 11 is 19.3. The molecule has 0 aromatic heterocycles. The number of ether oxygens (including phenoxy) is 1. The molecule has 10 heteroatoms. The molecule has 5 fully saturated rings. The maximum Gasteiger partial charge on any atom is 0.285 e. The number of nitrogens with one attached hydrogen (secondary N) is 1. The van der Waals surface area contributed by atoms with Gasteiger partial charge in [0.15, 0.2) is 4.32 Å². The SMILES string of the molecule is CCN(CC)c1ccc(/C=C2/SC(=S)N(NC(=O)C34CC5CC(CC(C5)C3)C4)C2=O)c(OCc2ccc(Cl)cc2Cl)c1. The highest BCUT2D eigenvalue weighted by Crippen LogP contribution is 2.60. The number of rotatable bonds is 9. The van der Waals surface area contributed by atoms with Gasteiger partial charge >= 0.3 is 0 Å². The van der Waals surface area contributed by atoms with Gasteiger partial charge < -0.3 is 9.64 Å². The van der Waals surface area contributed by atoms with Gasteiger partial charge in [-0.1, -0.05) is 41.0 Å². The first-order valence-electron chi connectivity index (χ1n) is 14.7. The van der Waals surface area contributed by atoms with Crippen molar-refractivity contribution in [2.75, 3.05) is 18.0 Å². The highest BCUT2D eigenvalue weighted by molar-refractivity contribution is 8.26. The fraction of sp³-hybridized carbons (Fsp3) is 0.469. The molecular weight excluding hydrogens is 609 g/mol. The monoisotopic (exact) mass is 643 g/mol. The number of thiocarbonyl (C=S) groups is 1. The third kappa shape index (κ3) is 5.80. The number of amides is 2. The van der Waals surface area contributed by atoms with E-state index in [1.54, 1.807) is 18.2 Å². The van der Waals surface area contributed by atoms with E-state index in [4.69, 9.17) is 40.2 Å². The van der Waals surface area contributed by atoms with Crippen molar-refractivity contribution in [2.45, 2.75) is 59.0 Å². The topological polar surface area (TPSA) is 61.9 Å². The molecule has 1 N–H and O–H groups in total. The molecule has 2 amide bonds. The van der Waals surface area contributed by atoms with Gasteiger partial charge in [-0.3, -0.25) is 15.0 Å². The number of carbonyl (C=O) groups excluding carboxylic acids is 2. The van der Waals surface area contributed by atoms with Gasteiger partial charge in [0.1, 0.15) is 12.4 Å². The summed E-state index contributed by atoms with van der Waals surface area (Å²) in [5.74, 6) is 2.15. The number of hydrogen-bond acceptors (Lipinski definition) is 6. The summed E-state index contributed by atoms with van der Waals surface area (Å²) in [5.41, 5.74) is 5.13. The zero-order chi connectivity index (χ0) is 29.6. The lowest BCUT2D eigenvalue weighted by molar-refractivity contribution is -0.152. The average molecular weight is 645 g/mol.